The van der Waals surface area contributed by atoms with E-state index in [0.717, 1.165) is 0 Å². The summed E-state index contributed by atoms with van der Waals surface area (Å²) in [6, 6.07) is 12.5. The Morgan fingerprint density at radius 2 is 1.70 bits per heavy atom. The van der Waals surface area contributed by atoms with Gasteiger partial charge in [-0.25, -0.2) is 13.6 Å². The van der Waals surface area contributed by atoms with Crippen molar-refractivity contribution in [1.82, 2.24) is 0 Å². The molecule has 0 saturated carbocycles. The van der Waals surface area contributed by atoms with E-state index in [9.17, 15) is 18.4 Å². The van der Waals surface area contributed by atoms with Gasteiger partial charge in [-0.3, -0.25) is 4.79 Å². The molecule has 0 saturated heterocycles. The fraction of sp³-hybridized carbons (Fsp3) is 0.100. The maximum Gasteiger partial charge on any atom is 0.374 e. The Bertz CT molecular complexity index is 980. The largest absolute Gasteiger partial charge is 0.450 e. The smallest absolute Gasteiger partial charge is 0.374 e. The molecule has 27 heavy (non-hydrogen) atoms. The van der Waals surface area contributed by atoms with Gasteiger partial charge in [-0.05, 0) is 61.0 Å². The van der Waals surface area contributed by atoms with E-state index in [1.807, 2.05) is 0 Å². The number of benzene rings is 2. The molecule has 2 aromatic carbocycles. The van der Waals surface area contributed by atoms with E-state index in [2.05, 4.69) is 5.32 Å². The van der Waals surface area contributed by atoms with Gasteiger partial charge < -0.3 is 14.5 Å². The van der Waals surface area contributed by atoms with Gasteiger partial charge in [0.1, 0.15) is 17.4 Å². The summed E-state index contributed by atoms with van der Waals surface area (Å²) in [5.41, 5.74) is 1.56. The number of carbonyl (C=O) groups excluding carboxylic acids is 2. The van der Waals surface area contributed by atoms with Crippen LogP contribution in [0.25, 0.3) is 11.3 Å². The third-order valence-corrected chi connectivity index (χ3v) is 3.74. The second-order valence-corrected chi connectivity index (χ2v) is 5.75. The number of aryl methyl sites for hydroxylation is 1. The summed E-state index contributed by atoms with van der Waals surface area (Å²) < 4.78 is 36.5. The fourth-order valence-electron chi connectivity index (χ4n) is 2.33. The third kappa shape index (κ3) is 4.58. The van der Waals surface area contributed by atoms with Crippen molar-refractivity contribution in [2.75, 3.05) is 11.9 Å². The van der Waals surface area contributed by atoms with Gasteiger partial charge >= 0.3 is 5.97 Å². The molecule has 0 atom stereocenters. The van der Waals surface area contributed by atoms with Crippen LogP contribution in [0.1, 0.15) is 16.1 Å². The molecule has 0 bridgehead atoms. The van der Waals surface area contributed by atoms with Crippen molar-refractivity contribution in [3.63, 3.8) is 0 Å². The van der Waals surface area contributed by atoms with Gasteiger partial charge in [0.25, 0.3) is 5.91 Å². The van der Waals surface area contributed by atoms with Gasteiger partial charge in [-0.2, -0.15) is 0 Å². The number of furan rings is 1. The van der Waals surface area contributed by atoms with E-state index < -0.39 is 24.3 Å². The summed E-state index contributed by atoms with van der Waals surface area (Å²) in [5, 5.41) is 2.47. The Kier molecular flexibility index (Phi) is 5.30. The van der Waals surface area contributed by atoms with Crippen molar-refractivity contribution < 1.29 is 27.5 Å². The van der Waals surface area contributed by atoms with Gasteiger partial charge in [0.2, 0.25) is 5.76 Å². The summed E-state index contributed by atoms with van der Waals surface area (Å²) in [7, 11) is 0. The summed E-state index contributed by atoms with van der Waals surface area (Å²) >= 11 is 0. The van der Waals surface area contributed by atoms with Crippen LogP contribution in [-0.2, 0) is 9.53 Å². The number of hydrogen-bond donors (Lipinski definition) is 1. The zero-order chi connectivity index (χ0) is 19.4. The first-order valence-electron chi connectivity index (χ1n) is 8.01. The molecule has 0 aliphatic heterocycles. The topological polar surface area (TPSA) is 68.5 Å². The van der Waals surface area contributed by atoms with Crippen molar-refractivity contribution in [2.24, 2.45) is 0 Å². The Labute approximate surface area is 153 Å². The number of rotatable bonds is 5. The van der Waals surface area contributed by atoms with Gasteiger partial charge in [-0.15, -0.1) is 0 Å². The van der Waals surface area contributed by atoms with Gasteiger partial charge in [0.05, 0.1) is 0 Å². The molecule has 1 N–H and O–H groups in total. The minimum absolute atomic E-state index is 0.0935. The molecule has 0 unspecified atom stereocenters. The second-order valence-electron chi connectivity index (χ2n) is 5.75. The second kappa shape index (κ2) is 7.82. The zero-order valence-electron chi connectivity index (χ0n) is 14.3. The van der Waals surface area contributed by atoms with E-state index in [4.69, 9.17) is 9.15 Å². The van der Waals surface area contributed by atoms with E-state index in [0.29, 0.717) is 22.6 Å². The predicted octanol–water partition coefficient (Wildman–Crippen LogP) is 4.33. The van der Waals surface area contributed by atoms with Crippen LogP contribution in [0, 0.1) is 18.6 Å². The fourth-order valence-corrected chi connectivity index (χ4v) is 2.33. The van der Waals surface area contributed by atoms with Crippen LogP contribution in [0.4, 0.5) is 14.5 Å². The third-order valence-electron chi connectivity index (χ3n) is 3.74. The molecule has 0 radical (unpaired) electrons. The highest BCUT2D eigenvalue weighted by Gasteiger charge is 2.16. The molecule has 138 valence electrons. The van der Waals surface area contributed by atoms with E-state index in [1.54, 1.807) is 13.0 Å². The molecule has 0 aliphatic rings. The van der Waals surface area contributed by atoms with Gasteiger partial charge in [-0.1, -0.05) is 6.07 Å². The lowest BCUT2D eigenvalue weighted by molar-refractivity contribution is -0.119. The number of ether oxygens (including phenoxy) is 1. The number of esters is 1. The maximum absolute atomic E-state index is 13.2. The molecule has 1 aromatic heterocycles. The van der Waals surface area contributed by atoms with Crippen LogP contribution in [0.15, 0.2) is 59.0 Å². The van der Waals surface area contributed by atoms with Crippen molar-refractivity contribution in [1.29, 1.82) is 0 Å². The average molecular weight is 371 g/mol. The highest BCUT2D eigenvalue weighted by atomic mass is 19.1. The van der Waals surface area contributed by atoms with E-state index >= 15 is 0 Å². The van der Waals surface area contributed by atoms with Crippen LogP contribution >= 0.6 is 0 Å². The zero-order valence-corrected chi connectivity index (χ0v) is 14.3. The number of amides is 1. The Hall–Kier alpha value is -3.48. The number of nitrogens with one attached hydrogen (secondary N) is 1. The van der Waals surface area contributed by atoms with Crippen LogP contribution in [0.3, 0.4) is 0 Å². The van der Waals surface area contributed by atoms with Gasteiger partial charge in [0, 0.05) is 11.3 Å². The molecule has 7 heteroatoms. The van der Waals surface area contributed by atoms with Crippen molar-refractivity contribution in [2.45, 2.75) is 6.92 Å². The number of hydrogen-bond acceptors (Lipinski definition) is 4. The Morgan fingerprint density at radius 3 is 2.44 bits per heavy atom. The summed E-state index contributed by atoms with van der Waals surface area (Å²) in [5.74, 6) is -2.04. The standard InChI is InChI=1S/C20H15F2NO4/c1-12-2-5-15(22)10-16(12)23-19(24)11-26-20(25)18-9-8-17(27-18)13-3-6-14(21)7-4-13/h2-10H,11H2,1H3,(H,23,24). The predicted molar refractivity (Wildman–Crippen MR) is 94.2 cm³/mol. The van der Waals surface area contributed by atoms with E-state index in [-0.39, 0.29) is 11.6 Å². The molecule has 3 rings (SSSR count). The summed E-state index contributed by atoms with van der Waals surface area (Å²) in [6.07, 6.45) is 0. The lowest BCUT2D eigenvalue weighted by Crippen LogP contribution is -2.21. The van der Waals surface area contributed by atoms with E-state index in [1.165, 1.54) is 48.5 Å². The van der Waals surface area contributed by atoms with Crippen LogP contribution in [0.5, 0.6) is 0 Å². The molecule has 3 aromatic rings. The molecule has 0 fully saturated rings. The SMILES string of the molecule is Cc1ccc(F)cc1NC(=O)COC(=O)c1ccc(-c2ccc(F)cc2)o1. The molecule has 5 nitrogen and oxygen atoms in total. The van der Waals surface area contributed by atoms with Crippen LogP contribution in [0.2, 0.25) is 0 Å². The molecule has 0 spiro atoms. The molecule has 0 aliphatic carbocycles. The summed E-state index contributed by atoms with van der Waals surface area (Å²) in [4.78, 5) is 23.9. The lowest BCUT2D eigenvalue weighted by Gasteiger charge is -2.08. The Morgan fingerprint density at radius 1 is 1.00 bits per heavy atom. The summed E-state index contributed by atoms with van der Waals surface area (Å²) in [6.45, 7) is 1.16. The molecule has 1 heterocycles. The normalized spacial score (nSPS) is 10.5. The van der Waals surface area contributed by atoms with Crippen molar-refractivity contribution >= 4 is 17.6 Å². The highest BCUT2D eigenvalue weighted by Crippen LogP contribution is 2.23. The lowest BCUT2D eigenvalue weighted by atomic mass is 10.2. The molecular formula is C20H15F2NO4. The average Bonchev–Trinajstić information content (AvgIpc) is 3.13. The van der Waals surface area contributed by atoms with Crippen molar-refractivity contribution in [3.05, 3.63) is 77.6 Å². The Balaban J connectivity index is 1.58. The van der Waals surface area contributed by atoms with Crippen molar-refractivity contribution in [3.8, 4) is 11.3 Å². The van der Waals surface area contributed by atoms with Crippen LogP contribution in [-0.4, -0.2) is 18.5 Å². The number of carbonyl (C=O) groups is 2. The quantitative estimate of drug-likeness (QED) is 0.678. The first kappa shape index (κ1) is 18.3. The molecular weight excluding hydrogens is 356 g/mol. The van der Waals surface area contributed by atoms with Crippen LogP contribution < -0.4 is 5.32 Å². The number of halogens is 2. The molecule has 1 amide bonds. The first-order chi connectivity index (χ1) is 12.9. The first-order valence-corrected chi connectivity index (χ1v) is 8.01. The highest BCUT2D eigenvalue weighted by molar-refractivity contribution is 5.95. The van der Waals surface area contributed by atoms with Gasteiger partial charge in [0.15, 0.2) is 6.61 Å². The maximum atomic E-state index is 13.2. The minimum Gasteiger partial charge on any atom is -0.450 e. The monoisotopic (exact) mass is 371 g/mol. The minimum atomic E-state index is -0.825. The number of anilines is 1.